The molecule has 0 saturated heterocycles. The van der Waals surface area contributed by atoms with Gasteiger partial charge >= 0.3 is 5.97 Å². The number of hydrogen-bond donors (Lipinski definition) is 1. The Morgan fingerprint density at radius 1 is 1.24 bits per heavy atom. The van der Waals surface area contributed by atoms with Gasteiger partial charge in [0.2, 0.25) is 5.91 Å². The number of amides is 1. The summed E-state index contributed by atoms with van der Waals surface area (Å²) < 4.78 is 0. The number of carbonyl (C=O) groups is 3. The first-order valence-corrected chi connectivity index (χ1v) is 10.1. The maximum Gasteiger partial charge on any atom is 0.323 e. The summed E-state index contributed by atoms with van der Waals surface area (Å²) in [6.07, 6.45) is 1.92. The molecule has 0 aromatic heterocycles. The van der Waals surface area contributed by atoms with E-state index in [-0.39, 0.29) is 11.0 Å². The lowest BCUT2D eigenvalue weighted by Gasteiger charge is -2.25. The molecular weight excluding hydrogens is 358 g/mol. The summed E-state index contributed by atoms with van der Waals surface area (Å²) in [5, 5.41) is 9.18. The number of carbonyl (C=O) groups excluding carboxylic acids is 2. The maximum atomic E-state index is 12.8. The first-order valence-electron chi connectivity index (χ1n) is 7.90. The van der Waals surface area contributed by atoms with Gasteiger partial charge in [-0.3, -0.25) is 14.4 Å². The van der Waals surface area contributed by atoms with E-state index in [1.165, 1.54) is 16.7 Å². The fourth-order valence-corrected chi connectivity index (χ4v) is 3.39. The number of thioether (sulfide) groups is 2. The molecule has 1 aromatic carbocycles. The molecular formula is C18H25NO4S2. The topological polar surface area (TPSA) is 74.7 Å². The van der Waals surface area contributed by atoms with Crippen LogP contribution in [0.4, 0.5) is 5.69 Å². The third-order valence-electron chi connectivity index (χ3n) is 3.42. The first kappa shape index (κ1) is 21.6. The lowest BCUT2D eigenvalue weighted by Crippen LogP contribution is -2.40. The molecule has 0 aliphatic rings. The van der Waals surface area contributed by atoms with Crippen LogP contribution in [0.1, 0.15) is 27.7 Å². The van der Waals surface area contributed by atoms with Gasteiger partial charge in [-0.1, -0.05) is 45.5 Å². The number of carboxylic acids is 1. The van der Waals surface area contributed by atoms with Crippen molar-refractivity contribution >= 4 is 46.2 Å². The minimum atomic E-state index is -1.08. The second-order valence-corrected chi connectivity index (χ2v) is 8.64. The highest BCUT2D eigenvalue weighted by molar-refractivity contribution is 8.13. The Kier molecular flexibility index (Phi) is 8.02. The molecule has 1 rings (SSSR count). The predicted octanol–water partition coefficient (Wildman–Crippen LogP) is 3.77. The summed E-state index contributed by atoms with van der Waals surface area (Å²) in [7, 11) is 0. The second kappa shape index (κ2) is 9.29. The number of hydrogen-bond acceptors (Lipinski definition) is 5. The standard InChI is InChI=1S/C18H25NO4S2/c1-12(11-25-17(23)18(2,3)4)16(22)19(10-15(20)21)13-7-6-8-14(9-13)24-5/h6-9,12H,10-11H2,1-5H3,(H,20,21). The van der Waals surface area contributed by atoms with E-state index in [0.29, 0.717) is 11.4 Å². The van der Waals surface area contributed by atoms with Crippen molar-refractivity contribution in [3.63, 3.8) is 0 Å². The molecule has 1 atom stereocenters. The highest BCUT2D eigenvalue weighted by atomic mass is 32.2. The average molecular weight is 384 g/mol. The first-order chi connectivity index (χ1) is 11.6. The summed E-state index contributed by atoms with van der Waals surface area (Å²) in [5.41, 5.74) is 0.0826. The van der Waals surface area contributed by atoms with Crippen LogP contribution < -0.4 is 4.90 Å². The van der Waals surface area contributed by atoms with Crippen molar-refractivity contribution in [1.29, 1.82) is 0 Å². The third kappa shape index (κ3) is 6.74. The number of carboxylic acid groups (broad SMARTS) is 1. The maximum absolute atomic E-state index is 12.8. The van der Waals surface area contributed by atoms with Gasteiger partial charge in [0.05, 0.1) is 0 Å². The smallest absolute Gasteiger partial charge is 0.323 e. The average Bonchev–Trinajstić information content (AvgIpc) is 2.55. The van der Waals surface area contributed by atoms with E-state index < -0.39 is 23.8 Å². The van der Waals surface area contributed by atoms with E-state index in [2.05, 4.69) is 0 Å². The summed E-state index contributed by atoms with van der Waals surface area (Å²) in [5.74, 6) is -1.51. The minimum absolute atomic E-state index is 0.0151. The van der Waals surface area contributed by atoms with Gasteiger partial charge in [0.15, 0.2) is 5.12 Å². The quantitative estimate of drug-likeness (QED) is 0.723. The van der Waals surface area contributed by atoms with Crippen molar-refractivity contribution < 1.29 is 19.5 Å². The molecule has 0 heterocycles. The zero-order chi connectivity index (χ0) is 19.2. The molecule has 0 saturated carbocycles. The van der Waals surface area contributed by atoms with Crippen LogP contribution in [-0.2, 0) is 14.4 Å². The number of aliphatic carboxylic acids is 1. The SMILES string of the molecule is CSc1cccc(N(CC(=O)O)C(=O)C(C)CSC(=O)C(C)(C)C)c1. The van der Waals surface area contributed by atoms with E-state index >= 15 is 0 Å². The Morgan fingerprint density at radius 2 is 1.88 bits per heavy atom. The van der Waals surface area contributed by atoms with E-state index in [1.54, 1.807) is 25.1 Å². The number of anilines is 1. The molecule has 0 radical (unpaired) electrons. The van der Waals surface area contributed by atoms with Gasteiger partial charge in [0.25, 0.3) is 0 Å². The molecule has 7 heteroatoms. The molecule has 1 N–H and O–H groups in total. The van der Waals surface area contributed by atoms with Crippen LogP contribution in [0.5, 0.6) is 0 Å². The molecule has 138 valence electrons. The van der Waals surface area contributed by atoms with Crippen molar-refractivity contribution in [3.8, 4) is 0 Å². The molecule has 25 heavy (non-hydrogen) atoms. The molecule has 0 spiro atoms. The zero-order valence-corrected chi connectivity index (χ0v) is 16.9. The zero-order valence-electron chi connectivity index (χ0n) is 15.2. The van der Waals surface area contributed by atoms with Crippen LogP contribution in [-0.4, -0.2) is 40.7 Å². The van der Waals surface area contributed by atoms with Crippen LogP contribution in [0.15, 0.2) is 29.2 Å². The van der Waals surface area contributed by atoms with Gasteiger partial charge in [0, 0.05) is 27.7 Å². The molecule has 0 bridgehead atoms. The number of benzene rings is 1. The largest absolute Gasteiger partial charge is 0.480 e. The van der Waals surface area contributed by atoms with Crippen LogP contribution >= 0.6 is 23.5 Å². The Bertz CT molecular complexity index is 640. The molecule has 0 aliphatic heterocycles. The van der Waals surface area contributed by atoms with Crippen LogP contribution in [0.25, 0.3) is 0 Å². The summed E-state index contributed by atoms with van der Waals surface area (Å²) in [6, 6.07) is 7.22. The fourth-order valence-electron chi connectivity index (χ4n) is 1.96. The summed E-state index contributed by atoms with van der Waals surface area (Å²) >= 11 is 2.64. The van der Waals surface area contributed by atoms with Crippen molar-refractivity contribution in [2.75, 3.05) is 23.5 Å². The number of nitrogens with zero attached hydrogens (tertiary/aromatic N) is 1. The van der Waals surface area contributed by atoms with Gasteiger partial charge in [-0.2, -0.15) is 0 Å². The second-order valence-electron chi connectivity index (χ2n) is 6.77. The van der Waals surface area contributed by atoms with Crippen molar-refractivity contribution in [3.05, 3.63) is 24.3 Å². The van der Waals surface area contributed by atoms with E-state index in [4.69, 9.17) is 5.11 Å². The third-order valence-corrected chi connectivity index (χ3v) is 5.69. The normalized spacial score (nSPS) is 12.5. The van der Waals surface area contributed by atoms with E-state index in [1.807, 2.05) is 33.1 Å². The van der Waals surface area contributed by atoms with Gasteiger partial charge in [-0.25, -0.2) is 0 Å². The lowest BCUT2D eigenvalue weighted by atomic mass is 10.00. The summed E-state index contributed by atoms with van der Waals surface area (Å²) in [6.45, 7) is 6.82. The van der Waals surface area contributed by atoms with Crippen LogP contribution in [0.2, 0.25) is 0 Å². The van der Waals surface area contributed by atoms with Gasteiger partial charge in [0.1, 0.15) is 6.54 Å². The van der Waals surface area contributed by atoms with E-state index in [9.17, 15) is 14.4 Å². The summed E-state index contributed by atoms with van der Waals surface area (Å²) in [4.78, 5) is 38.2. The monoisotopic (exact) mass is 383 g/mol. The van der Waals surface area contributed by atoms with Crippen molar-refractivity contribution in [2.45, 2.75) is 32.6 Å². The number of rotatable bonds is 7. The van der Waals surface area contributed by atoms with Crippen LogP contribution in [0.3, 0.4) is 0 Å². The van der Waals surface area contributed by atoms with Crippen molar-refractivity contribution in [2.24, 2.45) is 11.3 Å². The Labute approximate surface area is 157 Å². The Balaban J connectivity index is 2.92. The van der Waals surface area contributed by atoms with Gasteiger partial charge < -0.3 is 10.0 Å². The van der Waals surface area contributed by atoms with E-state index in [0.717, 1.165) is 16.7 Å². The Morgan fingerprint density at radius 3 is 2.40 bits per heavy atom. The van der Waals surface area contributed by atoms with Gasteiger partial charge in [-0.05, 0) is 24.5 Å². The lowest BCUT2D eigenvalue weighted by molar-refractivity contribution is -0.137. The highest BCUT2D eigenvalue weighted by Crippen LogP contribution is 2.27. The minimum Gasteiger partial charge on any atom is -0.480 e. The molecule has 1 aromatic rings. The fraction of sp³-hybridized carbons (Fsp3) is 0.500. The molecule has 5 nitrogen and oxygen atoms in total. The van der Waals surface area contributed by atoms with Crippen LogP contribution in [0, 0.1) is 11.3 Å². The molecule has 1 unspecified atom stereocenters. The Hall–Kier alpha value is -1.47. The van der Waals surface area contributed by atoms with Crippen molar-refractivity contribution in [1.82, 2.24) is 0 Å². The predicted molar refractivity (Wildman–Crippen MR) is 104 cm³/mol. The highest BCUT2D eigenvalue weighted by Gasteiger charge is 2.27. The molecule has 0 aliphatic carbocycles. The molecule has 1 amide bonds. The molecule has 0 fully saturated rings. The van der Waals surface area contributed by atoms with Gasteiger partial charge in [-0.15, -0.1) is 11.8 Å².